The van der Waals surface area contributed by atoms with E-state index in [1.54, 1.807) is 18.6 Å². The molecule has 0 atom stereocenters. The number of carbonyl (C=O) groups excluding carboxylic acids is 1. The second-order valence-corrected chi connectivity index (χ2v) is 7.50. The summed E-state index contributed by atoms with van der Waals surface area (Å²) in [5, 5.41) is 14.7. The van der Waals surface area contributed by atoms with Crippen molar-refractivity contribution in [3.63, 3.8) is 0 Å². The zero-order valence-corrected chi connectivity index (χ0v) is 17.0. The molecule has 2 aliphatic rings. The molecule has 30 heavy (non-hydrogen) atoms. The number of rotatable bonds is 7. The molecule has 10 nitrogen and oxygen atoms in total. The molecule has 0 unspecified atom stereocenters. The lowest BCUT2D eigenvalue weighted by Gasteiger charge is -2.32. The summed E-state index contributed by atoms with van der Waals surface area (Å²) >= 11 is 0. The average molecular weight is 412 g/mol. The van der Waals surface area contributed by atoms with Crippen LogP contribution in [0.5, 0.6) is 0 Å². The number of hydrogen-bond donors (Lipinski definition) is 2. The van der Waals surface area contributed by atoms with Gasteiger partial charge in [-0.15, -0.1) is 10.2 Å². The minimum Gasteiger partial charge on any atom is -0.379 e. The van der Waals surface area contributed by atoms with Crippen LogP contribution in [0.25, 0.3) is 0 Å². The van der Waals surface area contributed by atoms with Gasteiger partial charge in [0.15, 0.2) is 11.6 Å². The van der Waals surface area contributed by atoms with Gasteiger partial charge in [-0.05, 0) is 25.0 Å². The molecular formula is C20H28N8O2. The molecule has 2 N–H and O–H groups in total. The van der Waals surface area contributed by atoms with Crippen LogP contribution < -0.4 is 15.5 Å². The molecule has 0 bridgehead atoms. The fourth-order valence-electron chi connectivity index (χ4n) is 3.73. The highest BCUT2D eigenvalue weighted by Gasteiger charge is 2.25. The molecule has 2 fully saturated rings. The van der Waals surface area contributed by atoms with Crippen LogP contribution in [0.4, 0.5) is 17.5 Å². The van der Waals surface area contributed by atoms with Gasteiger partial charge in [-0.2, -0.15) is 0 Å². The van der Waals surface area contributed by atoms with Gasteiger partial charge in [-0.1, -0.05) is 0 Å². The van der Waals surface area contributed by atoms with E-state index in [2.05, 4.69) is 40.6 Å². The first-order valence-corrected chi connectivity index (χ1v) is 10.5. The van der Waals surface area contributed by atoms with Gasteiger partial charge in [0.05, 0.1) is 19.4 Å². The first-order chi connectivity index (χ1) is 14.8. The lowest BCUT2D eigenvalue weighted by atomic mass is 9.96. The standard InChI is InChI=1S/C20H28N8O2/c29-20(23-7-10-27-11-13-30-14-12-27)16-3-8-28(9-4-16)19-2-1-17(25-26-19)24-18-15-21-5-6-22-18/h1-2,5-6,15-16H,3-4,7-14H2,(H,23,29)(H,22,24,25). The van der Waals surface area contributed by atoms with Gasteiger partial charge >= 0.3 is 0 Å². The Bertz CT molecular complexity index is 790. The molecule has 2 aromatic heterocycles. The summed E-state index contributed by atoms with van der Waals surface area (Å²) in [6.07, 6.45) is 6.52. The molecule has 1 amide bonds. The van der Waals surface area contributed by atoms with Crippen LogP contribution in [0, 0.1) is 5.92 Å². The number of amides is 1. The molecule has 160 valence electrons. The predicted molar refractivity (Wildman–Crippen MR) is 113 cm³/mol. The van der Waals surface area contributed by atoms with Crippen molar-refractivity contribution in [3.05, 3.63) is 30.7 Å². The Morgan fingerprint density at radius 1 is 1.07 bits per heavy atom. The van der Waals surface area contributed by atoms with E-state index in [4.69, 9.17) is 4.74 Å². The minimum atomic E-state index is 0.0662. The van der Waals surface area contributed by atoms with Crippen molar-refractivity contribution in [1.82, 2.24) is 30.4 Å². The van der Waals surface area contributed by atoms with Crippen LogP contribution in [0.15, 0.2) is 30.7 Å². The van der Waals surface area contributed by atoms with Crippen molar-refractivity contribution in [2.75, 3.05) is 62.7 Å². The van der Waals surface area contributed by atoms with Crippen LogP contribution in [0.3, 0.4) is 0 Å². The molecule has 10 heteroatoms. The smallest absolute Gasteiger partial charge is 0.223 e. The molecule has 0 spiro atoms. The number of nitrogens with one attached hydrogen (secondary N) is 2. The fraction of sp³-hybridized carbons (Fsp3) is 0.550. The van der Waals surface area contributed by atoms with Gasteiger partial charge in [0, 0.05) is 57.6 Å². The van der Waals surface area contributed by atoms with E-state index in [1.807, 2.05) is 12.1 Å². The van der Waals surface area contributed by atoms with E-state index in [1.165, 1.54) is 0 Å². The summed E-state index contributed by atoms with van der Waals surface area (Å²) in [5.74, 6) is 2.30. The van der Waals surface area contributed by atoms with E-state index in [9.17, 15) is 4.79 Å². The third kappa shape index (κ3) is 5.61. The van der Waals surface area contributed by atoms with E-state index in [0.29, 0.717) is 18.2 Å². The highest BCUT2D eigenvalue weighted by atomic mass is 16.5. The normalized spacial score (nSPS) is 18.2. The lowest BCUT2D eigenvalue weighted by Crippen LogP contribution is -2.44. The van der Waals surface area contributed by atoms with Gasteiger partial charge in [-0.25, -0.2) is 4.98 Å². The zero-order chi connectivity index (χ0) is 20.6. The summed E-state index contributed by atoms with van der Waals surface area (Å²) in [7, 11) is 0. The third-order valence-corrected chi connectivity index (χ3v) is 5.49. The summed E-state index contributed by atoms with van der Waals surface area (Å²) < 4.78 is 5.35. The Morgan fingerprint density at radius 2 is 1.90 bits per heavy atom. The highest BCUT2D eigenvalue weighted by Crippen LogP contribution is 2.22. The predicted octanol–water partition coefficient (Wildman–Crippen LogP) is 0.675. The number of piperidine rings is 1. The Kier molecular flexibility index (Phi) is 6.99. The molecule has 0 radical (unpaired) electrons. The Balaban J connectivity index is 1.19. The van der Waals surface area contributed by atoms with Crippen molar-refractivity contribution < 1.29 is 9.53 Å². The van der Waals surface area contributed by atoms with Crippen molar-refractivity contribution >= 4 is 23.4 Å². The molecule has 0 saturated carbocycles. The second-order valence-electron chi connectivity index (χ2n) is 7.50. The van der Waals surface area contributed by atoms with Gasteiger partial charge in [-0.3, -0.25) is 14.7 Å². The highest BCUT2D eigenvalue weighted by molar-refractivity contribution is 5.79. The van der Waals surface area contributed by atoms with Crippen molar-refractivity contribution in [1.29, 1.82) is 0 Å². The first kappa shape index (κ1) is 20.4. The topological polar surface area (TPSA) is 108 Å². The molecular weight excluding hydrogens is 384 g/mol. The molecule has 2 aromatic rings. The van der Waals surface area contributed by atoms with Crippen LogP contribution in [0.2, 0.25) is 0 Å². The van der Waals surface area contributed by atoms with Crippen molar-refractivity contribution in [2.45, 2.75) is 12.8 Å². The monoisotopic (exact) mass is 412 g/mol. The number of nitrogens with zero attached hydrogens (tertiary/aromatic N) is 6. The number of hydrogen-bond acceptors (Lipinski definition) is 9. The van der Waals surface area contributed by atoms with E-state index in [0.717, 1.165) is 64.6 Å². The van der Waals surface area contributed by atoms with Gasteiger partial charge in [0.2, 0.25) is 5.91 Å². The molecule has 0 aliphatic carbocycles. The molecule has 2 saturated heterocycles. The van der Waals surface area contributed by atoms with E-state index >= 15 is 0 Å². The van der Waals surface area contributed by atoms with E-state index < -0.39 is 0 Å². The minimum absolute atomic E-state index is 0.0662. The van der Waals surface area contributed by atoms with Crippen LogP contribution >= 0.6 is 0 Å². The van der Waals surface area contributed by atoms with E-state index in [-0.39, 0.29) is 11.8 Å². The van der Waals surface area contributed by atoms with Gasteiger partial charge in [0.1, 0.15) is 5.82 Å². The molecule has 0 aromatic carbocycles. The zero-order valence-electron chi connectivity index (χ0n) is 17.0. The number of carbonyl (C=O) groups is 1. The Morgan fingerprint density at radius 3 is 2.60 bits per heavy atom. The second kappa shape index (κ2) is 10.3. The third-order valence-electron chi connectivity index (χ3n) is 5.49. The molecule has 4 heterocycles. The van der Waals surface area contributed by atoms with Crippen molar-refractivity contribution in [3.8, 4) is 0 Å². The average Bonchev–Trinajstić information content (AvgIpc) is 2.81. The van der Waals surface area contributed by atoms with Crippen LogP contribution in [-0.2, 0) is 9.53 Å². The summed E-state index contributed by atoms with van der Waals surface area (Å²) in [6.45, 7) is 6.65. The largest absolute Gasteiger partial charge is 0.379 e. The van der Waals surface area contributed by atoms with Crippen LogP contribution in [-0.4, -0.2) is 83.5 Å². The maximum atomic E-state index is 12.5. The van der Waals surface area contributed by atoms with Gasteiger partial charge < -0.3 is 20.3 Å². The summed E-state index contributed by atoms with van der Waals surface area (Å²) in [4.78, 5) is 25.2. The maximum Gasteiger partial charge on any atom is 0.223 e. The molecule has 2 aliphatic heterocycles. The summed E-state index contributed by atoms with van der Waals surface area (Å²) in [5.41, 5.74) is 0. The lowest BCUT2D eigenvalue weighted by molar-refractivity contribution is -0.125. The number of morpholine rings is 1. The Labute approximate surface area is 176 Å². The quantitative estimate of drug-likeness (QED) is 0.678. The van der Waals surface area contributed by atoms with Crippen molar-refractivity contribution in [2.24, 2.45) is 5.92 Å². The number of ether oxygens (including phenoxy) is 1. The fourth-order valence-corrected chi connectivity index (χ4v) is 3.73. The first-order valence-electron chi connectivity index (χ1n) is 10.5. The SMILES string of the molecule is O=C(NCCN1CCOCC1)C1CCN(c2ccc(Nc3cnccn3)nn2)CC1. The molecule has 4 rings (SSSR count). The maximum absolute atomic E-state index is 12.5. The van der Waals surface area contributed by atoms with Gasteiger partial charge in [0.25, 0.3) is 0 Å². The number of anilines is 3. The Hall–Kier alpha value is -2.85. The van der Waals surface area contributed by atoms with Crippen LogP contribution in [0.1, 0.15) is 12.8 Å². The summed E-state index contributed by atoms with van der Waals surface area (Å²) in [6, 6.07) is 3.82. The number of aromatic nitrogens is 4.